The number of nitriles is 1. The van der Waals surface area contributed by atoms with E-state index in [4.69, 9.17) is 4.74 Å². The van der Waals surface area contributed by atoms with Gasteiger partial charge < -0.3 is 20.1 Å². The molecule has 1 aliphatic carbocycles. The number of piperidine rings is 1. The monoisotopic (exact) mass is 489 g/mol. The van der Waals surface area contributed by atoms with Crippen LogP contribution in [0.1, 0.15) is 67.6 Å². The summed E-state index contributed by atoms with van der Waals surface area (Å²) in [6, 6.07) is 13.9. The van der Waals surface area contributed by atoms with Crippen molar-refractivity contribution in [1.29, 1.82) is 5.26 Å². The largest absolute Gasteiger partial charge is 0.489 e. The summed E-state index contributed by atoms with van der Waals surface area (Å²) in [4.78, 5) is 15.5. The number of aliphatic hydroxyl groups excluding tert-OH is 1. The first-order chi connectivity index (χ1) is 17.0. The van der Waals surface area contributed by atoms with Gasteiger partial charge in [-0.2, -0.15) is 5.26 Å². The second kappa shape index (κ2) is 9.78. The van der Waals surface area contributed by atoms with Gasteiger partial charge in [-0.05, 0) is 80.1 Å². The second-order valence-corrected chi connectivity index (χ2v) is 11.8. The number of anilines is 1. The highest BCUT2D eigenvalue weighted by Gasteiger charge is 2.64. The van der Waals surface area contributed by atoms with Crippen molar-refractivity contribution in [2.45, 2.75) is 66.5 Å². The van der Waals surface area contributed by atoms with E-state index in [2.05, 4.69) is 44.0 Å². The van der Waals surface area contributed by atoms with Crippen molar-refractivity contribution in [3.8, 4) is 11.8 Å². The van der Waals surface area contributed by atoms with Gasteiger partial charge in [0.25, 0.3) is 5.91 Å². The SMILES string of the molecule is Cc1cc(O[C@H]2C(C)(C)[C@H](NC(=O)c3ccc(N4CCC(CO)CC4)cc3)C2(C)C)cc(C)c1C#N. The van der Waals surface area contributed by atoms with Crippen LogP contribution in [0, 0.1) is 41.9 Å². The van der Waals surface area contributed by atoms with Gasteiger partial charge in [-0.25, -0.2) is 0 Å². The Balaban J connectivity index is 1.42. The molecule has 0 bridgehead atoms. The number of aryl methyl sites for hydroxylation is 2. The summed E-state index contributed by atoms with van der Waals surface area (Å²) in [6.07, 6.45) is 1.90. The minimum atomic E-state index is -0.272. The van der Waals surface area contributed by atoms with Crippen LogP contribution in [-0.4, -0.2) is 42.9 Å². The third kappa shape index (κ3) is 4.69. The molecule has 2 fully saturated rings. The third-order valence-electron chi connectivity index (χ3n) is 8.35. The first-order valence-corrected chi connectivity index (χ1v) is 12.9. The van der Waals surface area contributed by atoms with Crippen LogP contribution in [0.4, 0.5) is 5.69 Å². The molecule has 2 aliphatic rings. The summed E-state index contributed by atoms with van der Waals surface area (Å²) in [5.74, 6) is 1.09. The maximum absolute atomic E-state index is 13.2. The number of aliphatic hydroxyl groups is 1. The van der Waals surface area contributed by atoms with Crippen LogP contribution in [0.15, 0.2) is 36.4 Å². The molecule has 2 aromatic rings. The highest BCUT2D eigenvalue weighted by atomic mass is 16.5. The van der Waals surface area contributed by atoms with Gasteiger partial charge in [0.15, 0.2) is 0 Å². The lowest BCUT2D eigenvalue weighted by molar-refractivity contribution is -0.164. The Hall–Kier alpha value is -3.04. The molecule has 1 saturated heterocycles. The van der Waals surface area contributed by atoms with Crippen molar-refractivity contribution in [1.82, 2.24) is 5.32 Å². The maximum atomic E-state index is 13.2. The van der Waals surface area contributed by atoms with E-state index in [1.165, 1.54) is 0 Å². The zero-order chi connectivity index (χ0) is 26.3. The topological polar surface area (TPSA) is 85.6 Å². The fourth-order valence-electron chi connectivity index (χ4n) is 6.52. The van der Waals surface area contributed by atoms with E-state index in [1.54, 1.807) is 0 Å². The summed E-state index contributed by atoms with van der Waals surface area (Å²) < 4.78 is 6.48. The molecular weight excluding hydrogens is 450 g/mol. The average Bonchev–Trinajstić information content (AvgIpc) is 2.85. The molecular formula is C30H39N3O3. The van der Waals surface area contributed by atoms with Crippen LogP contribution in [0.5, 0.6) is 5.75 Å². The van der Waals surface area contributed by atoms with E-state index in [1.807, 2.05) is 50.2 Å². The van der Waals surface area contributed by atoms with Crippen molar-refractivity contribution < 1.29 is 14.6 Å². The Labute approximate surface area is 215 Å². The minimum Gasteiger partial charge on any atom is -0.489 e. The highest BCUT2D eigenvalue weighted by Crippen LogP contribution is 2.55. The smallest absolute Gasteiger partial charge is 0.251 e. The Kier molecular flexibility index (Phi) is 7.07. The standard InChI is InChI=1S/C30H39N3O3/c1-19-15-24(16-20(2)25(19)17-31)36-28-29(3,4)27(30(28,5)6)32-26(35)22-7-9-23(10-8-22)33-13-11-21(18-34)12-14-33/h7-10,15-16,21,27-28,34H,11-14,18H2,1-6H3,(H,32,35)/t27-,28-. The van der Waals surface area contributed by atoms with Crippen molar-refractivity contribution in [3.63, 3.8) is 0 Å². The maximum Gasteiger partial charge on any atom is 0.251 e. The molecule has 2 aromatic carbocycles. The van der Waals surface area contributed by atoms with Crippen LogP contribution in [0.3, 0.4) is 0 Å². The number of nitrogens with zero attached hydrogens (tertiary/aromatic N) is 2. The van der Waals surface area contributed by atoms with Gasteiger partial charge in [-0.15, -0.1) is 0 Å². The molecule has 0 unspecified atom stereocenters. The number of carbonyl (C=O) groups excluding carboxylic acids is 1. The number of rotatable bonds is 6. The zero-order valence-corrected chi connectivity index (χ0v) is 22.4. The van der Waals surface area contributed by atoms with Crippen molar-refractivity contribution in [2.75, 3.05) is 24.6 Å². The predicted molar refractivity (Wildman–Crippen MR) is 142 cm³/mol. The number of nitrogens with one attached hydrogen (secondary N) is 1. The molecule has 0 aromatic heterocycles. The van der Waals surface area contributed by atoms with E-state index in [0.717, 1.165) is 48.5 Å². The van der Waals surface area contributed by atoms with Gasteiger partial charge in [0, 0.05) is 47.8 Å². The summed E-state index contributed by atoms with van der Waals surface area (Å²) in [5.41, 5.74) is 3.74. The summed E-state index contributed by atoms with van der Waals surface area (Å²) >= 11 is 0. The number of hydrogen-bond acceptors (Lipinski definition) is 5. The van der Waals surface area contributed by atoms with Crippen LogP contribution in [0.25, 0.3) is 0 Å². The second-order valence-electron chi connectivity index (χ2n) is 11.8. The molecule has 6 heteroatoms. The normalized spacial score (nSPS) is 22.9. The molecule has 36 heavy (non-hydrogen) atoms. The molecule has 0 spiro atoms. The lowest BCUT2D eigenvalue weighted by atomic mass is 9.49. The molecule has 1 aliphatic heterocycles. The summed E-state index contributed by atoms with van der Waals surface area (Å²) in [7, 11) is 0. The van der Waals surface area contributed by atoms with Crippen molar-refractivity contribution >= 4 is 11.6 Å². The van der Waals surface area contributed by atoms with Crippen LogP contribution >= 0.6 is 0 Å². The number of ether oxygens (including phenoxy) is 1. The third-order valence-corrected chi connectivity index (χ3v) is 8.35. The van der Waals surface area contributed by atoms with Gasteiger partial charge in [0.1, 0.15) is 11.9 Å². The quantitative estimate of drug-likeness (QED) is 0.597. The van der Waals surface area contributed by atoms with E-state index in [0.29, 0.717) is 17.0 Å². The minimum absolute atomic E-state index is 0.0553. The number of benzene rings is 2. The molecule has 1 amide bonds. The number of hydrogen-bond donors (Lipinski definition) is 2. The van der Waals surface area contributed by atoms with Crippen molar-refractivity contribution in [3.05, 3.63) is 58.7 Å². The highest BCUT2D eigenvalue weighted by molar-refractivity contribution is 5.95. The van der Waals surface area contributed by atoms with E-state index in [9.17, 15) is 15.2 Å². The van der Waals surface area contributed by atoms with Crippen molar-refractivity contribution in [2.24, 2.45) is 16.7 Å². The number of amides is 1. The first-order valence-electron chi connectivity index (χ1n) is 12.9. The molecule has 6 nitrogen and oxygen atoms in total. The van der Waals surface area contributed by atoms with E-state index in [-0.39, 0.29) is 35.5 Å². The first kappa shape index (κ1) is 26.0. The lowest BCUT2D eigenvalue weighted by Crippen LogP contribution is -2.74. The Morgan fingerprint density at radius 3 is 2.14 bits per heavy atom. The Morgan fingerprint density at radius 2 is 1.64 bits per heavy atom. The number of carbonyl (C=O) groups is 1. The molecule has 4 rings (SSSR count). The van der Waals surface area contributed by atoms with Crippen LogP contribution in [0.2, 0.25) is 0 Å². The lowest BCUT2D eigenvalue weighted by Gasteiger charge is -2.63. The van der Waals surface area contributed by atoms with Gasteiger partial charge in [0.2, 0.25) is 0 Å². The van der Waals surface area contributed by atoms with Gasteiger partial charge >= 0.3 is 0 Å². The zero-order valence-electron chi connectivity index (χ0n) is 22.4. The predicted octanol–water partition coefficient (Wildman–Crippen LogP) is 5.00. The molecule has 1 saturated carbocycles. The molecule has 2 N–H and O–H groups in total. The van der Waals surface area contributed by atoms with Gasteiger partial charge in [0.05, 0.1) is 11.6 Å². The molecule has 192 valence electrons. The summed E-state index contributed by atoms with van der Waals surface area (Å²) in [6.45, 7) is 14.5. The fraction of sp³-hybridized carbons (Fsp3) is 0.533. The Morgan fingerprint density at radius 1 is 1.08 bits per heavy atom. The molecule has 0 radical (unpaired) electrons. The summed E-state index contributed by atoms with van der Waals surface area (Å²) in [5, 5.41) is 22.0. The van der Waals surface area contributed by atoms with E-state index >= 15 is 0 Å². The van der Waals surface area contributed by atoms with E-state index < -0.39 is 0 Å². The fourth-order valence-corrected chi connectivity index (χ4v) is 6.52. The average molecular weight is 490 g/mol. The molecule has 0 atom stereocenters. The van der Waals surface area contributed by atoms with Gasteiger partial charge in [-0.1, -0.05) is 27.7 Å². The van der Waals surface area contributed by atoms with Gasteiger partial charge in [-0.3, -0.25) is 4.79 Å². The van der Waals surface area contributed by atoms with Crippen LogP contribution < -0.4 is 15.0 Å². The Bertz CT molecular complexity index is 1120. The van der Waals surface area contributed by atoms with Crippen LogP contribution in [-0.2, 0) is 0 Å². The molecule has 1 heterocycles.